The van der Waals surface area contributed by atoms with Gasteiger partial charge in [-0.15, -0.1) is 0 Å². The van der Waals surface area contributed by atoms with Crippen LogP contribution in [0.4, 0.5) is 5.69 Å². The number of guanidine groups is 1. The van der Waals surface area contributed by atoms with Gasteiger partial charge in [-0.2, -0.15) is 0 Å². The number of benzene rings is 2. The molecule has 0 amide bonds. The molecule has 1 aliphatic heterocycles. The summed E-state index contributed by atoms with van der Waals surface area (Å²) in [5, 5.41) is 6.84. The van der Waals surface area contributed by atoms with E-state index in [2.05, 4.69) is 71.8 Å². The van der Waals surface area contributed by atoms with Gasteiger partial charge in [-0.1, -0.05) is 30.3 Å². The van der Waals surface area contributed by atoms with E-state index in [9.17, 15) is 0 Å². The van der Waals surface area contributed by atoms with E-state index in [1.165, 1.54) is 11.3 Å². The van der Waals surface area contributed by atoms with Crippen molar-refractivity contribution in [2.45, 2.75) is 26.9 Å². The highest BCUT2D eigenvalue weighted by molar-refractivity contribution is 5.80. The van der Waals surface area contributed by atoms with Gasteiger partial charge in [0.1, 0.15) is 12.4 Å². The third-order valence-electron chi connectivity index (χ3n) is 5.31. The second kappa shape index (κ2) is 12.9. The fourth-order valence-corrected chi connectivity index (χ4v) is 3.62. The first kappa shape index (κ1) is 23.9. The molecule has 174 valence electrons. The lowest BCUT2D eigenvalue weighted by Crippen LogP contribution is -2.39. The summed E-state index contributed by atoms with van der Waals surface area (Å²) < 4.78 is 16.5. The van der Waals surface area contributed by atoms with Crippen LogP contribution in [0.25, 0.3) is 0 Å². The van der Waals surface area contributed by atoms with Gasteiger partial charge < -0.3 is 29.7 Å². The molecule has 0 saturated carbocycles. The van der Waals surface area contributed by atoms with Gasteiger partial charge in [0.2, 0.25) is 0 Å². The summed E-state index contributed by atoms with van der Waals surface area (Å²) in [5.74, 6) is 1.65. The second-order valence-corrected chi connectivity index (χ2v) is 7.73. The quantitative estimate of drug-likeness (QED) is 0.336. The molecule has 0 radical (unpaired) electrons. The average molecular weight is 441 g/mol. The molecule has 0 spiro atoms. The third kappa shape index (κ3) is 7.14. The van der Waals surface area contributed by atoms with E-state index in [1.54, 1.807) is 7.11 Å². The zero-order chi connectivity index (χ0) is 22.6. The summed E-state index contributed by atoms with van der Waals surface area (Å²) in [5.41, 5.74) is 4.72. The first-order valence-corrected chi connectivity index (χ1v) is 11.3. The summed E-state index contributed by atoms with van der Waals surface area (Å²) in [7, 11) is 1.68. The topological polar surface area (TPSA) is 67.4 Å². The number of hydrogen-bond donors (Lipinski definition) is 2. The lowest BCUT2D eigenvalue weighted by molar-refractivity contribution is 0.122. The van der Waals surface area contributed by atoms with Gasteiger partial charge in [0, 0.05) is 44.5 Å². The zero-order valence-electron chi connectivity index (χ0n) is 19.5. The van der Waals surface area contributed by atoms with Crippen LogP contribution in [0.1, 0.15) is 23.6 Å². The van der Waals surface area contributed by atoms with Crippen LogP contribution in [0.2, 0.25) is 0 Å². The van der Waals surface area contributed by atoms with Crippen molar-refractivity contribution in [2.75, 3.05) is 58.1 Å². The highest BCUT2D eigenvalue weighted by Crippen LogP contribution is 2.22. The number of aryl methyl sites for hydroxylation is 1. The smallest absolute Gasteiger partial charge is 0.191 e. The van der Waals surface area contributed by atoms with Gasteiger partial charge in [-0.05, 0) is 37.1 Å². The van der Waals surface area contributed by atoms with Gasteiger partial charge in [0.05, 0.1) is 26.4 Å². The number of rotatable bonds is 10. The number of hydrogen-bond acceptors (Lipinski definition) is 5. The van der Waals surface area contributed by atoms with Gasteiger partial charge in [0.25, 0.3) is 0 Å². The van der Waals surface area contributed by atoms with E-state index in [0.29, 0.717) is 26.3 Å². The second-order valence-electron chi connectivity index (χ2n) is 7.73. The number of nitrogens with one attached hydrogen (secondary N) is 2. The summed E-state index contributed by atoms with van der Waals surface area (Å²) in [6.45, 7) is 10.6. The highest BCUT2D eigenvalue weighted by Gasteiger charge is 2.14. The third-order valence-corrected chi connectivity index (χ3v) is 5.31. The van der Waals surface area contributed by atoms with E-state index in [0.717, 1.165) is 55.7 Å². The molecule has 1 aliphatic rings. The molecular weight excluding hydrogens is 404 g/mol. The molecule has 1 saturated heterocycles. The van der Waals surface area contributed by atoms with Crippen LogP contribution in [0.15, 0.2) is 47.5 Å². The van der Waals surface area contributed by atoms with Crippen LogP contribution in [-0.4, -0.2) is 59.1 Å². The minimum absolute atomic E-state index is 0.521. The lowest BCUT2D eigenvalue weighted by atomic mass is 10.1. The fraction of sp³-hybridized carbons (Fsp3) is 0.480. The van der Waals surface area contributed by atoms with Crippen LogP contribution in [0, 0.1) is 6.92 Å². The minimum atomic E-state index is 0.521. The molecule has 2 N–H and O–H groups in total. The van der Waals surface area contributed by atoms with E-state index < -0.39 is 0 Å². The number of nitrogens with zero attached hydrogens (tertiary/aromatic N) is 2. The summed E-state index contributed by atoms with van der Waals surface area (Å²) in [6.07, 6.45) is 0. The van der Waals surface area contributed by atoms with E-state index >= 15 is 0 Å². The molecule has 7 nitrogen and oxygen atoms in total. The maximum absolute atomic E-state index is 5.91. The Hall–Kier alpha value is -2.77. The van der Waals surface area contributed by atoms with Crippen LogP contribution in [0.5, 0.6) is 5.75 Å². The molecule has 7 heteroatoms. The Morgan fingerprint density at radius 3 is 2.66 bits per heavy atom. The highest BCUT2D eigenvalue weighted by atomic mass is 16.5. The Kier molecular flexibility index (Phi) is 9.65. The summed E-state index contributed by atoms with van der Waals surface area (Å²) in [6, 6.07) is 14.8. The zero-order valence-corrected chi connectivity index (χ0v) is 19.5. The molecule has 32 heavy (non-hydrogen) atoms. The van der Waals surface area contributed by atoms with Crippen molar-refractivity contribution >= 4 is 11.6 Å². The molecule has 0 bridgehead atoms. The number of aliphatic imine (C=N–C) groups is 1. The maximum Gasteiger partial charge on any atom is 0.191 e. The van der Waals surface area contributed by atoms with Crippen molar-refractivity contribution in [1.82, 2.24) is 10.6 Å². The van der Waals surface area contributed by atoms with Crippen molar-refractivity contribution in [3.05, 3.63) is 59.2 Å². The van der Waals surface area contributed by atoms with E-state index in [4.69, 9.17) is 19.2 Å². The molecule has 3 rings (SSSR count). The number of ether oxygens (including phenoxy) is 3. The van der Waals surface area contributed by atoms with Crippen LogP contribution < -0.4 is 20.3 Å². The Balaban J connectivity index is 1.68. The van der Waals surface area contributed by atoms with Crippen molar-refractivity contribution < 1.29 is 14.2 Å². The molecule has 0 aliphatic carbocycles. The standard InChI is InChI=1S/C25H36N4O3/c1-4-26-25(28-19-22-10-9-20(2)17-24(22)32-16-15-30-3)27-18-21-7-5-6-8-23(21)29-11-13-31-14-12-29/h5-10,17H,4,11-16,18-19H2,1-3H3,(H2,26,27,28). The van der Waals surface area contributed by atoms with E-state index in [-0.39, 0.29) is 0 Å². The molecule has 2 aromatic rings. The number of para-hydroxylation sites is 1. The van der Waals surface area contributed by atoms with Gasteiger partial charge in [-0.3, -0.25) is 0 Å². The number of anilines is 1. The predicted octanol–water partition coefficient (Wildman–Crippen LogP) is 3.11. The molecule has 1 fully saturated rings. The largest absolute Gasteiger partial charge is 0.491 e. The van der Waals surface area contributed by atoms with Gasteiger partial charge in [0.15, 0.2) is 5.96 Å². The van der Waals surface area contributed by atoms with Gasteiger partial charge >= 0.3 is 0 Å². The van der Waals surface area contributed by atoms with Gasteiger partial charge in [-0.25, -0.2) is 4.99 Å². The van der Waals surface area contributed by atoms with Crippen LogP contribution in [-0.2, 0) is 22.6 Å². The molecular formula is C25H36N4O3. The monoisotopic (exact) mass is 440 g/mol. The van der Waals surface area contributed by atoms with Crippen LogP contribution in [0.3, 0.4) is 0 Å². The SMILES string of the molecule is CCNC(=NCc1ccc(C)cc1OCCOC)NCc1ccccc1N1CCOCC1. The lowest BCUT2D eigenvalue weighted by Gasteiger charge is -2.30. The molecule has 0 aromatic heterocycles. The number of methoxy groups -OCH3 is 1. The van der Waals surface area contributed by atoms with Crippen molar-refractivity contribution in [3.63, 3.8) is 0 Å². The Morgan fingerprint density at radius 1 is 1.06 bits per heavy atom. The van der Waals surface area contributed by atoms with Crippen molar-refractivity contribution in [3.8, 4) is 5.75 Å². The predicted molar refractivity (Wildman–Crippen MR) is 130 cm³/mol. The average Bonchev–Trinajstić information content (AvgIpc) is 2.83. The van der Waals surface area contributed by atoms with Crippen molar-refractivity contribution in [2.24, 2.45) is 4.99 Å². The maximum atomic E-state index is 5.91. The fourth-order valence-electron chi connectivity index (χ4n) is 3.62. The molecule has 2 aromatic carbocycles. The van der Waals surface area contributed by atoms with Crippen molar-refractivity contribution in [1.29, 1.82) is 0 Å². The summed E-state index contributed by atoms with van der Waals surface area (Å²) in [4.78, 5) is 7.20. The Labute approximate surface area is 191 Å². The normalized spacial score (nSPS) is 14.3. The Bertz CT molecular complexity index is 866. The summed E-state index contributed by atoms with van der Waals surface area (Å²) >= 11 is 0. The van der Waals surface area contributed by atoms with Crippen LogP contribution >= 0.6 is 0 Å². The Morgan fingerprint density at radius 2 is 1.88 bits per heavy atom. The molecule has 0 unspecified atom stereocenters. The molecule has 1 heterocycles. The minimum Gasteiger partial charge on any atom is -0.491 e. The first-order valence-electron chi connectivity index (χ1n) is 11.3. The van der Waals surface area contributed by atoms with E-state index in [1.807, 2.05) is 0 Å². The first-order chi connectivity index (χ1) is 15.7. The molecule has 0 atom stereocenters. The number of morpholine rings is 1.